The highest BCUT2D eigenvalue weighted by Crippen LogP contribution is 2.28. The molecule has 0 amide bonds. The van der Waals surface area contributed by atoms with Crippen molar-refractivity contribution in [2.24, 2.45) is 0 Å². The largest absolute Gasteiger partial charge is 0.296 e. The molecule has 0 atom stereocenters. The van der Waals surface area contributed by atoms with Crippen molar-refractivity contribution in [2.45, 2.75) is 0 Å². The molecule has 6 nitrogen and oxygen atoms in total. The van der Waals surface area contributed by atoms with Gasteiger partial charge in [-0.15, -0.1) is 0 Å². The second kappa shape index (κ2) is 7.44. The molecule has 5 aromatic rings. The van der Waals surface area contributed by atoms with E-state index in [2.05, 4.69) is 44.2 Å². The molecule has 0 saturated heterocycles. The van der Waals surface area contributed by atoms with Crippen LogP contribution in [0.3, 0.4) is 0 Å². The number of nitrogens with zero attached hydrogens (tertiary/aromatic N) is 6. The van der Waals surface area contributed by atoms with E-state index in [9.17, 15) is 0 Å². The number of pyridine rings is 2. The summed E-state index contributed by atoms with van der Waals surface area (Å²) in [5.74, 6) is 0.804. The molecule has 5 rings (SSSR count). The van der Waals surface area contributed by atoms with Crippen LogP contribution in [0.2, 0.25) is 0 Å². The van der Waals surface area contributed by atoms with Crippen LogP contribution in [-0.2, 0) is 0 Å². The maximum Gasteiger partial charge on any atom is 0.145 e. The molecule has 4 heterocycles. The monoisotopic (exact) mass is 376 g/mol. The minimum absolute atomic E-state index is 0.792. The average molecular weight is 376 g/mol. The minimum Gasteiger partial charge on any atom is -0.296 e. The summed E-state index contributed by atoms with van der Waals surface area (Å²) in [6.45, 7) is 0. The van der Waals surface area contributed by atoms with E-state index >= 15 is 0 Å². The molecule has 0 aliphatic rings. The lowest BCUT2D eigenvalue weighted by atomic mass is 10.1. The Bertz CT molecular complexity index is 1220. The van der Waals surface area contributed by atoms with E-state index in [4.69, 9.17) is 4.98 Å². The third-order valence-corrected chi connectivity index (χ3v) is 4.60. The van der Waals surface area contributed by atoms with Crippen molar-refractivity contribution in [1.29, 1.82) is 0 Å². The molecule has 1 aromatic carbocycles. The molecule has 138 valence electrons. The molecule has 0 unspecified atom stereocenters. The van der Waals surface area contributed by atoms with Gasteiger partial charge < -0.3 is 0 Å². The zero-order valence-electron chi connectivity index (χ0n) is 15.4. The number of hydrogen-bond acceptors (Lipinski definition) is 5. The molecule has 0 radical (unpaired) electrons. The Hall–Kier alpha value is -4.19. The van der Waals surface area contributed by atoms with E-state index in [1.165, 1.54) is 6.33 Å². The number of imidazole rings is 1. The van der Waals surface area contributed by atoms with Gasteiger partial charge in [0.1, 0.15) is 17.8 Å². The Morgan fingerprint density at radius 1 is 0.621 bits per heavy atom. The van der Waals surface area contributed by atoms with Crippen molar-refractivity contribution in [3.63, 3.8) is 0 Å². The van der Waals surface area contributed by atoms with Gasteiger partial charge in [0.15, 0.2) is 0 Å². The first-order chi connectivity index (χ1) is 14.4. The smallest absolute Gasteiger partial charge is 0.145 e. The molecular formula is C23H16N6. The van der Waals surface area contributed by atoms with Gasteiger partial charge >= 0.3 is 0 Å². The van der Waals surface area contributed by atoms with Crippen molar-refractivity contribution < 1.29 is 0 Å². The highest BCUT2D eigenvalue weighted by molar-refractivity contribution is 5.70. The second-order valence-corrected chi connectivity index (χ2v) is 6.45. The summed E-state index contributed by atoms with van der Waals surface area (Å²) in [6.07, 6.45) is 12.4. The minimum atomic E-state index is 0.792. The molecule has 4 aromatic heterocycles. The molecule has 29 heavy (non-hydrogen) atoms. The maximum absolute atomic E-state index is 4.86. The fourth-order valence-electron chi connectivity index (χ4n) is 3.18. The standard InChI is InChI=1S/C23H16N6/c1-2-11-27-21(5-1)22-15-29(20-13-25-16-26-14-20)23(28-22)18-8-6-17(7-9-18)19-4-3-10-24-12-19/h1-16H. The number of hydrogen-bond donors (Lipinski definition) is 0. The van der Waals surface area contributed by atoms with Crippen molar-refractivity contribution in [2.75, 3.05) is 0 Å². The van der Waals surface area contributed by atoms with E-state index in [0.29, 0.717) is 0 Å². The maximum atomic E-state index is 4.86. The highest BCUT2D eigenvalue weighted by Gasteiger charge is 2.14. The molecule has 0 aliphatic heterocycles. The van der Waals surface area contributed by atoms with E-state index in [0.717, 1.165) is 39.6 Å². The summed E-state index contributed by atoms with van der Waals surface area (Å²) >= 11 is 0. The van der Waals surface area contributed by atoms with E-state index in [1.807, 2.05) is 47.3 Å². The molecule has 0 N–H and O–H groups in total. The van der Waals surface area contributed by atoms with Crippen LogP contribution in [0, 0.1) is 0 Å². The van der Waals surface area contributed by atoms with Crippen LogP contribution in [0.4, 0.5) is 0 Å². The van der Waals surface area contributed by atoms with Crippen LogP contribution in [0.5, 0.6) is 0 Å². The predicted octanol–water partition coefficient (Wildman–Crippen LogP) is 4.45. The highest BCUT2D eigenvalue weighted by atomic mass is 15.1. The Labute approximate surface area is 167 Å². The summed E-state index contributed by atoms with van der Waals surface area (Å²) in [4.78, 5) is 21.8. The third-order valence-electron chi connectivity index (χ3n) is 4.60. The van der Waals surface area contributed by atoms with Gasteiger partial charge in [-0.2, -0.15) is 0 Å². The Kier molecular flexibility index (Phi) is 4.35. The molecule has 0 bridgehead atoms. The summed E-state index contributed by atoms with van der Waals surface area (Å²) < 4.78 is 1.99. The van der Waals surface area contributed by atoms with Crippen LogP contribution in [-0.4, -0.2) is 29.5 Å². The molecular weight excluding hydrogens is 360 g/mol. The summed E-state index contributed by atoms with van der Waals surface area (Å²) in [7, 11) is 0. The fraction of sp³-hybridized carbons (Fsp3) is 0. The molecule has 0 saturated carbocycles. The van der Waals surface area contributed by atoms with Crippen LogP contribution in [0.1, 0.15) is 0 Å². The van der Waals surface area contributed by atoms with Gasteiger partial charge in [0, 0.05) is 30.4 Å². The second-order valence-electron chi connectivity index (χ2n) is 6.45. The summed E-state index contributed by atoms with van der Waals surface area (Å²) in [5, 5.41) is 0. The van der Waals surface area contributed by atoms with Crippen molar-refractivity contribution >= 4 is 0 Å². The van der Waals surface area contributed by atoms with E-state index < -0.39 is 0 Å². The van der Waals surface area contributed by atoms with Gasteiger partial charge in [0.2, 0.25) is 0 Å². The van der Waals surface area contributed by atoms with Gasteiger partial charge in [-0.1, -0.05) is 36.4 Å². The number of benzene rings is 1. The zero-order chi connectivity index (χ0) is 19.5. The SMILES string of the molecule is c1ccc(-c2cn(-c3cncnc3)c(-c3ccc(-c4cccnc4)cc3)n2)nc1. The van der Waals surface area contributed by atoms with Gasteiger partial charge in [-0.25, -0.2) is 15.0 Å². The number of rotatable bonds is 4. The van der Waals surface area contributed by atoms with Gasteiger partial charge in [0.05, 0.1) is 23.8 Å². The van der Waals surface area contributed by atoms with Gasteiger partial charge in [0.25, 0.3) is 0 Å². The van der Waals surface area contributed by atoms with Crippen LogP contribution >= 0.6 is 0 Å². The molecule has 0 aliphatic carbocycles. The Balaban J connectivity index is 1.61. The summed E-state index contributed by atoms with van der Waals surface area (Å²) in [5.41, 5.74) is 5.62. The average Bonchev–Trinajstić information content (AvgIpc) is 3.27. The fourth-order valence-corrected chi connectivity index (χ4v) is 3.18. The number of aromatic nitrogens is 6. The Morgan fingerprint density at radius 2 is 1.45 bits per heavy atom. The van der Waals surface area contributed by atoms with Gasteiger partial charge in [-0.05, 0) is 29.3 Å². The lowest BCUT2D eigenvalue weighted by Crippen LogP contribution is -1.97. The lowest BCUT2D eigenvalue weighted by Gasteiger charge is -2.08. The third kappa shape index (κ3) is 3.39. The van der Waals surface area contributed by atoms with E-state index in [-0.39, 0.29) is 0 Å². The molecule has 0 fully saturated rings. The molecule has 6 heteroatoms. The van der Waals surface area contributed by atoms with Crippen LogP contribution < -0.4 is 0 Å². The van der Waals surface area contributed by atoms with Crippen molar-refractivity contribution in [1.82, 2.24) is 29.5 Å². The first kappa shape index (κ1) is 16.9. The van der Waals surface area contributed by atoms with Gasteiger partial charge in [-0.3, -0.25) is 14.5 Å². The first-order valence-corrected chi connectivity index (χ1v) is 9.15. The topological polar surface area (TPSA) is 69.4 Å². The van der Waals surface area contributed by atoms with E-state index in [1.54, 1.807) is 24.8 Å². The first-order valence-electron chi connectivity index (χ1n) is 9.15. The van der Waals surface area contributed by atoms with Crippen LogP contribution in [0.25, 0.3) is 39.6 Å². The van der Waals surface area contributed by atoms with Crippen molar-refractivity contribution in [3.8, 4) is 39.6 Å². The zero-order valence-corrected chi connectivity index (χ0v) is 15.4. The molecule has 0 spiro atoms. The van der Waals surface area contributed by atoms with Crippen LogP contribution in [0.15, 0.2) is 98.1 Å². The normalized spacial score (nSPS) is 10.8. The predicted molar refractivity (Wildman–Crippen MR) is 111 cm³/mol. The quantitative estimate of drug-likeness (QED) is 0.463. The summed E-state index contributed by atoms with van der Waals surface area (Å²) in [6, 6.07) is 18.1. The Morgan fingerprint density at radius 3 is 2.17 bits per heavy atom. The lowest BCUT2D eigenvalue weighted by molar-refractivity contribution is 1.01. The van der Waals surface area contributed by atoms with Crippen molar-refractivity contribution in [3.05, 3.63) is 98.1 Å².